The number of thiocarbonyl (C=S) groups is 1. The Hall–Kier alpha value is -2.21. The largest absolute Gasteiger partial charge is 0.389 e. The Morgan fingerprint density at radius 2 is 2.05 bits per heavy atom. The molecule has 0 unspecified atom stereocenters. The van der Waals surface area contributed by atoms with Gasteiger partial charge in [0.05, 0.1) is 18.4 Å². The minimum atomic E-state index is -0.119. The molecule has 21 heavy (non-hydrogen) atoms. The summed E-state index contributed by atoms with van der Waals surface area (Å²) in [5.74, 6) is 0. The lowest BCUT2D eigenvalue weighted by Crippen LogP contribution is -2.26. The molecule has 2 rings (SSSR count). The quantitative estimate of drug-likeness (QED) is 0.845. The first-order valence-corrected chi connectivity index (χ1v) is 7.09. The third-order valence-corrected chi connectivity index (χ3v) is 3.58. The van der Waals surface area contributed by atoms with Crippen molar-refractivity contribution in [2.24, 2.45) is 5.73 Å². The van der Waals surface area contributed by atoms with Gasteiger partial charge in [0.2, 0.25) is 0 Å². The molecule has 0 fully saturated rings. The van der Waals surface area contributed by atoms with Crippen molar-refractivity contribution in [3.63, 3.8) is 0 Å². The van der Waals surface area contributed by atoms with Crippen LogP contribution < -0.4 is 16.2 Å². The second kappa shape index (κ2) is 6.49. The van der Waals surface area contributed by atoms with Crippen molar-refractivity contribution in [2.45, 2.75) is 13.5 Å². The topological polar surface area (TPSA) is 64.2 Å². The highest BCUT2D eigenvalue weighted by Crippen LogP contribution is 2.08. The van der Waals surface area contributed by atoms with Crippen LogP contribution in [0.25, 0.3) is 0 Å². The van der Waals surface area contributed by atoms with E-state index in [1.165, 1.54) is 4.68 Å². The number of benzene rings is 1. The summed E-state index contributed by atoms with van der Waals surface area (Å²) in [5.41, 5.74) is 8.05. The summed E-state index contributed by atoms with van der Waals surface area (Å²) in [4.78, 5) is 14.4. The van der Waals surface area contributed by atoms with Crippen LogP contribution in [0, 0.1) is 0 Å². The molecule has 0 bridgehead atoms. The highest BCUT2D eigenvalue weighted by molar-refractivity contribution is 7.80. The van der Waals surface area contributed by atoms with Gasteiger partial charge in [0.1, 0.15) is 4.99 Å². The van der Waals surface area contributed by atoms with Crippen molar-refractivity contribution in [3.8, 4) is 0 Å². The van der Waals surface area contributed by atoms with Crippen LogP contribution in [0.2, 0.25) is 0 Å². The highest BCUT2D eigenvalue weighted by Gasteiger charge is 2.04. The first-order valence-electron chi connectivity index (χ1n) is 6.68. The van der Waals surface area contributed by atoms with Gasteiger partial charge in [-0.1, -0.05) is 36.5 Å². The predicted octanol–water partition coefficient (Wildman–Crippen LogP) is 1.38. The van der Waals surface area contributed by atoms with Crippen molar-refractivity contribution in [3.05, 3.63) is 58.0 Å². The smallest absolute Gasteiger partial charge is 0.269 e. The maximum atomic E-state index is 12.1. The lowest BCUT2D eigenvalue weighted by atomic mass is 10.1. The van der Waals surface area contributed by atoms with Crippen molar-refractivity contribution >= 4 is 22.9 Å². The van der Waals surface area contributed by atoms with Gasteiger partial charge in [-0.25, -0.2) is 4.68 Å². The molecule has 0 aliphatic rings. The van der Waals surface area contributed by atoms with Crippen LogP contribution in [0.4, 0.5) is 5.69 Å². The molecule has 0 spiro atoms. The van der Waals surface area contributed by atoms with Crippen LogP contribution in [0.3, 0.4) is 0 Å². The van der Waals surface area contributed by atoms with Gasteiger partial charge in [0, 0.05) is 25.2 Å². The van der Waals surface area contributed by atoms with E-state index >= 15 is 0 Å². The van der Waals surface area contributed by atoms with Gasteiger partial charge in [0.25, 0.3) is 5.56 Å². The lowest BCUT2D eigenvalue weighted by Gasteiger charge is -2.16. The Bertz CT molecular complexity index is 694. The molecule has 2 N–H and O–H groups in total. The van der Waals surface area contributed by atoms with Crippen LogP contribution in [-0.2, 0) is 6.54 Å². The maximum Gasteiger partial charge on any atom is 0.269 e. The van der Waals surface area contributed by atoms with Crippen LogP contribution in [0.15, 0.2) is 41.3 Å². The van der Waals surface area contributed by atoms with E-state index in [0.29, 0.717) is 11.5 Å². The number of rotatable bonds is 5. The van der Waals surface area contributed by atoms with E-state index in [2.05, 4.69) is 5.10 Å². The molecule has 0 aliphatic carbocycles. The zero-order valence-electron chi connectivity index (χ0n) is 12.1. The van der Waals surface area contributed by atoms with Crippen molar-refractivity contribution in [1.29, 1.82) is 0 Å². The van der Waals surface area contributed by atoms with E-state index in [1.807, 2.05) is 43.1 Å². The summed E-state index contributed by atoms with van der Waals surface area (Å²) in [6.07, 6.45) is 1.70. The van der Waals surface area contributed by atoms with E-state index in [1.54, 1.807) is 12.3 Å². The molecule has 1 aromatic carbocycles. The van der Waals surface area contributed by atoms with Crippen molar-refractivity contribution in [2.75, 3.05) is 18.5 Å². The van der Waals surface area contributed by atoms with E-state index in [-0.39, 0.29) is 5.56 Å². The van der Waals surface area contributed by atoms with E-state index in [9.17, 15) is 4.79 Å². The molecule has 1 aromatic heterocycles. The fourth-order valence-electron chi connectivity index (χ4n) is 1.88. The number of nitrogens with zero attached hydrogens (tertiary/aromatic N) is 3. The zero-order chi connectivity index (χ0) is 15.4. The first kappa shape index (κ1) is 15.2. The van der Waals surface area contributed by atoms with Gasteiger partial charge in [-0.05, 0) is 12.5 Å². The molecule has 5 nitrogen and oxygen atoms in total. The minimum Gasteiger partial charge on any atom is -0.389 e. The number of nitrogens with two attached hydrogens (primary N) is 1. The number of anilines is 1. The van der Waals surface area contributed by atoms with Gasteiger partial charge in [0.15, 0.2) is 0 Å². The average Bonchev–Trinajstić information content (AvgIpc) is 2.49. The molecule has 2 aromatic rings. The Balaban J connectivity index is 2.20. The fraction of sp³-hybridized carbons (Fsp3) is 0.267. The van der Waals surface area contributed by atoms with Crippen LogP contribution in [0.5, 0.6) is 0 Å². The van der Waals surface area contributed by atoms with E-state index < -0.39 is 0 Å². The summed E-state index contributed by atoms with van der Waals surface area (Å²) >= 11 is 4.91. The molecule has 1 heterocycles. The molecule has 0 radical (unpaired) electrons. The molecular formula is C15H18N4OS. The molecule has 6 heteroatoms. The van der Waals surface area contributed by atoms with Crippen LogP contribution in [0.1, 0.15) is 18.1 Å². The third-order valence-electron chi connectivity index (χ3n) is 3.34. The normalized spacial score (nSPS) is 10.4. The highest BCUT2D eigenvalue weighted by atomic mass is 32.1. The standard InChI is InChI=1S/C15H18N4OS/c1-3-18(2)13-8-14(20)19(17-9-13)10-11-4-6-12(7-5-11)15(16)21/h4-9H,3,10H2,1-2H3,(H2,16,21). The van der Waals surface area contributed by atoms with Crippen LogP contribution >= 0.6 is 12.2 Å². The monoisotopic (exact) mass is 302 g/mol. The van der Waals surface area contributed by atoms with Gasteiger partial charge in [-0.3, -0.25) is 4.79 Å². The number of hydrogen-bond acceptors (Lipinski definition) is 4. The molecule has 0 saturated carbocycles. The molecule has 0 aliphatic heterocycles. The molecule has 0 amide bonds. The molecule has 0 saturated heterocycles. The average molecular weight is 302 g/mol. The summed E-state index contributed by atoms with van der Waals surface area (Å²) in [7, 11) is 1.93. The molecule has 110 valence electrons. The zero-order valence-corrected chi connectivity index (χ0v) is 12.9. The Kier molecular flexibility index (Phi) is 4.70. The van der Waals surface area contributed by atoms with Gasteiger partial charge in [-0.15, -0.1) is 0 Å². The summed E-state index contributed by atoms with van der Waals surface area (Å²) in [6.45, 7) is 3.27. The third kappa shape index (κ3) is 3.66. The van der Waals surface area contributed by atoms with Gasteiger partial charge < -0.3 is 10.6 Å². The summed E-state index contributed by atoms with van der Waals surface area (Å²) < 4.78 is 1.43. The number of aromatic nitrogens is 2. The van der Waals surface area contributed by atoms with Gasteiger partial charge in [-0.2, -0.15) is 5.10 Å². The Morgan fingerprint density at radius 1 is 1.38 bits per heavy atom. The second-order valence-electron chi connectivity index (χ2n) is 4.79. The number of hydrogen-bond donors (Lipinski definition) is 1. The minimum absolute atomic E-state index is 0.119. The first-order chi connectivity index (χ1) is 10.0. The van der Waals surface area contributed by atoms with Crippen LogP contribution in [-0.4, -0.2) is 28.4 Å². The summed E-state index contributed by atoms with van der Waals surface area (Å²) in [5, 5.41) is 4.21. The van der Waals surface area contributed by atoms with Gasteiger partial charge >= 0.3 is 0 Å². The predicted molar refractivity (Wildman–Crippen MR) is 88.9 cm³/mol. The Morgan fingerprint density at radius 3 is 2.57 bits per heavy atom. The SMILES string of the molecule is CCN(C)c1cnn(Cc2ccc(C(N)=S)cc2)c(=O)c1. The van der Waals surface area contributed by atoms with Crippen molar-refractivity contribution < 1.29 is 0 Å². The molecular weight excluding hydrogens is 284 g/mol. The fourth-order valence-corrected chi connectivity index (χ4v) is 2.02. The lowest BCUT2D eigenvalue weighted by molar-refractivity contribution is 0.637. The second-order valence-corrected chi connectivity index (χ2v) is 5.22. The van der Waals surface area contributed by atoms with Crippen molar-refractivity contribution in [1.82, 2.24) is 9.78 Å². The molecule has 0 atom stereocenters. The van der Waals surface area contributed by atoms with E-state index in [0.717, 1.165) is 23.4 Å². The Labute approximate surface area is 129 Å². The van der Waals surface area contributed by atoms with E-state index in [4.69, 9.17) is 18.0 Å². The summed E-state index contributed by atoms with van der Waals surface area (Å²) in [6, 6.07) is 9.09. The maximum absolute atomic E-state index is 12.1.